The van der Waals surface area contributed by atoms with Gasteiger partial charge in [0.05, 0.1) is 32.2 Å². The molecule has 2 aromatic heterocycles. The highest BCUT2D eigenvalue weighted by atomic mass is 16.5. The van der Waals surface area contributed by atoms with E-state index in [1.54, 1.807) is 29.8 Å². The van der Waals surface area contributed by atoms with Crippen molar-refractivity contribution >= 4 is 33.1 Å². The summed E-state index contributed by atoms with van der Waals surface area (Å²) in [6, 6.07) is 18.2. The average molecular weight is 442 g/mol. The van der Waals surface area contributed by atoms with Crippen molar-refractivity contribution in [1.29, 1.82) is 0 Å². The van der Waals surface area contributed by atoms with E-state index in [9.17, 15) is 9.59 Å². The summed E-state index contributed by atoms with van der Waals surface area (Å²) in [5.74, 6) is 0.966. The van der Waals surface area contributed by atoms with Gasteiger partial charge in [0.2, 0.25) is 11.5 Å². The molecule has 7 nitrogen and oxygen atoms in total. The van der Waals surface area contributed by atoms with E-state index in [0.717, 1.165) is 10.8 Å². The van der Waals surface area contributed by atoms with Crippen LogP contribution in [0.25, 0.3) is 27.3 Å². The number of nitrogens with zero attached hydrogens (tertiary/aromatic N) is 2. The highest BCUT2D eigenvalue weighted by Crippen LogP contribution is 2.39. The number of para-hydroxylation sites is 1. The van der Waals surface area contributed by atoms with Gasteiger partial charge in [-0.2, -0.15) is 0 Å². The van der Waals surface area contributed by atoms with Crippen LogP contribution in [0.3, 0.4) is 0 Å². The van der Waals surface area contributed by atoms with Crippen LogP contribution in [0, 0.1) is 0 Å². The Morgan fingerprint density at radius 2 is 1.36 bits per heavy atom. The quantitative estimate of drug-likeness (QED) is 0.382. The first-order valence-electron chi connectivity index (χ1n) is 10.4. The van der Waals surface area contributed by atoms with Crippen molar-refractivity contribution in [3.05, 3.63) is 82.3 Å². The topological polar surface area (TPSA) is 71.2 Å². The van der Waals surface area contributed by atoms with Crippen molar-refractivity contribution in [3.63, 3.8) is 0 Å². The molecule has 0 spiro atoms. The predicted molar refractivity (Wildman–Crippen MR) is 127 cm³/mol. The lowest BCUT2D eigenvalue weighted by molar-refractivity contribution is 0.103. The molecule has 33 heavy (non-hydrogen) atoms. The van der Waals surface area contributed by atoms with E-state index < -0.39 is 0 Å². The van der Waals surface area contributed by atoms with Crippen LogP contribution in [-0.2, 0) is 7.05 Å². The van der Waals surface area contributed by atoms with Crippen LogP contribution in [0.5, 0.6) is 17.2 Å². The molecule has 0 saturated carbocycles. The van der Waals surface area contributed by atoms with Gasteiger partial charge in [0.25, 0.3) is 5.56 Å². The van der Waals surface area contributed by atoms with Crippen molar-refractivity contribution in [3.8, 4) is 17.2 Å². The number of carbonyl (C=O) groups is 1. The molecule has 3 aromatic carbocycles. The average Bonchev–Trinajstić information content (AvgIpc) is 3.21. The SMILES string of the molecule is COc1cc(C(=O)c2c3ccccc3c3n(C)c(=O)c4ccccc4n23)cc(OC)c1OC. The number of hydrogen-bond acceptors (Lipinski definition) is 5. The maximum absolute atomic E-state index is 14.1. The van der Waals surface area contributed by atoms with Crippen molar-refractivity contribution in [2.24, 2.45) is 7.05 Å². The lowest BCUT2D eigenvalue weighted by atomic mass is 10.0. The molecule has 0 atom stereocenters. The van der Waals surface area contributed by atoms with E-state index in [2.05, 4.69) is 0 Å². The molecule has 166 valence electrons. The predicted octanol–water partition coefficient (Wildman–Crippen LogP) is 4.20. The van der Waals surface area contributed by atoms with Crippen LogP contribution in [0.4, 0.5) is 0 Å². The molecule has 0 fully saturated rings. The molecular formula is C26H22N2O5. The summed E-state index contributed by atoms with van der Waals surface area (Å²) in [5, 5.41) is 2.10. The zero-order valence-electron chi connectivity index (χ0n) is 18.7. The largest absolute Gasteiger partial charge is 0.493 e. The number of rotatable bonds is 5. The number of methoxy groups -OCH3 is 3. The first kappa shape index (κ1) is 20.6. The summed E-state index contributed by atoms with van der Waals surface area (Å²) in [5.41, 5.74) is 2.05. The van der Waals surface area contributed by atoms with Gasteiger partial charge in [-0.15, -0.1) is 0 Å². The Hall–Kier alpha value is -4.26. The Bertz CT molecular complexity index is 1600. The van der Waals surface area contributed by atoms with Gasteiger partial charge in [0.1, 0.15) is 11.3 Å². The first-order chi connectivity index (χ1) is 16.0. The Morgan fingerprint density at radius 1 is 0.788 bits per heavy atom. The van der Waals surface area contributed by atoms with Crippen LogP contribution in [0.1, 0.15) is 16.1 Å². The third-order valence-corrected chi connectivity index (χ3v) is 6.00. The van der Waals surface area contributed by atoms with Gasteiger partial charge in [0, 0.05) is 23.4 Å². The number of ether oxygens (including phenoxy) is 3. The van der Waals surface area contributed by atoms with E-state index in [-0.39, 0.29) is 11.3 Å². The Balaban J connectivity index is 1.93. The normalized spacial score (nSPS) is 11.3. The minimum Gasteiger partial charge on any atom is -0.493 e. The molecule has 0 aliphatic carbocycles. The smallest absolute Gasteiger partial charge is 0.261 e. The molecule has 0 aliphatic heterocycles. The lowest BCUT2D eigenvalue weighted by Crippen LogP contribution is -2.20. The minimum atomic E-state index is -0.228. The van der Waals surface area contributed by atoms with Gasteiger partial charge in [0.15, 0.2) is 11.5 Å². The van der Waals surface area contributed by atoms with Crippen molar-refractivity contribution < 1.29 is 19.0 Å². The molecule has 5 rings (SSSR count). The summed E-state index contributed by atoms with van der Waals surface area (Å²) < 4.78 is 19.8. The van der Waals surface area contributed by atoms with Gasteiger partial charge >= 0.3 is 0 Å². The highest BCUT2D eigenvalue weighted by molar-refractivity contribution is 6.20. The fraction of sp³-hybridized carbons (Fsp3) is 0.154. The summed E-state index contributed by atoms with van der Waals surface area (Å²) >= 11 is 0. The highest BCUT2D eigenvalue weighted by Gasteiger charge is 2.25. The Morgan fingerprint density at radius 3 is 1.97 bits per heavy atom. The van der Waals surface area contributed by atoms with Crippen molar-refractivity contribution in [2.75, 3.05) is 21.3 Å². The molecule has 5 aromatic rings. The molecule has 0 aliphatic rings. The third-order valence-electron chi connectivity index (χ3n) is 6.00. The van der Waals surface area contributed by atoms with E-state index in [1.807, 2.05) is 46.9 Å². The Labute approximate surface area is 189 Å². The fourth-order valence-electron chi connectivity index (χ4n) is 4.50. The van der Waals surface area contributed by atoms with Crippen molar-refractivity contribution in [2.45, 2.75) is 0 Å². The zero-order chi connectivity index (χ0) is 23.3. The molecule has 2 heterocycles. The van der Waals surface area contributed by atoms with Crippen LogP contribution >= 0.6 is 0 Å². The van der Waals surface area contributed by atoms with E-state index in [1.165, 1.54) is 21.3 Å². The molecule has 7 heteroatoms. The number of aryl methyl sites for hydroxylation is 1. The molecule has 0 radical (unpaired) electrons. The fourth-order valence-corrected chi connectivity index (χ4v) is 4.50. The second kappa shape index (κ2) is 7.70. The molecule has 0 saturated heterocycles. The minimum absolute atomic E-state index is 0.117. The van der Waals surface area contributed by atoms with Crippen LogP contribution in [0.15, 0.2) is 65.5 Å². The second-order valence-electron chi connectivity index (χ2n) is 7.68. The van der Waals surface area contributed by atoms with Gasteiger partial charge < -0.3 is 14.2 Å². The lowest BCUT2D eigenvalue weighted by Gasteiger charge is -2.14. The number of hydrogen-bond donors (Lipinski definition) is 0. The molecule has 0 unspecified atom stereocenters. The van der Waals surface area contributed by atoms with Gasteiger partial charge in [-0.05, 0) is 24.3 Å². The van der Waals surface area contributed by atoms with Crippen molar-refractivity contribution in [1.82, 2.24) is 8.97 Å². The monoisotopic (exact) mass is 442 g/mol. The maximum Gasteiger partial charge on any atom is 0.261 e. The molecule has 0 amide bonds. The first-order valence-corrected chi connectivity index (χ1v) is 10.4. The summed E-state index contributed by atoms with van der Waals surface area (Å²) in [6.45, 7) is 0. The van der Waals surface area contributed by atoms with Crippen LogP contribution in [0.2, 0.25) is 0 Å². The summed E-state index contributed by atoms with van der Waals surface area (Å²) in [4.78, 5) is 27.1. The number of benzene rings is 3. The van der Waals surface area contributed by atoms with E-state index in [4.69, 9.17) is 14.2 Å². The van der Waals surface area contributed by atoms with Crippen LogP contribution < -0.4 is 19.8 Å². The Kier molecular flexibility index (Phi) is 4.82. The summed E-state index contributed by atoms with van der Waals surface area (Å²) in [6.07, 6.45) is 0. The van der Waals surface area contributed by atoms with Crippen LogP contribution in [-0.4, -0.2) is 36.1 Å². The maximum atomic E-state index is 14.1. The number of ketones is 1. The standard InChI is InChI=1S/C26H22N2O5/c1-27-25-17-10-6-5-9-16(17)22(28(25)19-12-8-7-11-18(19)26(27)30)23(29)15-13-20(31-2)24(33-4)21(14-15)32-3/h5-14H,1-4H3. The van der Waals surface area contributed by atoms with Gasteiger partial charge in [-0.25, -0.2) is 0 Å². The zero-order valence-corrected chi connectivity index (χ0v) is 18.7. The second-order valence-corrected chi connectivity index (χ2v) is 7.68. The summed E-state index contributed by atoms with van der Waals surface area (Å²) in [7, 11) is 6.26. The van der Waals surface area contributed by atoms with Gasteiger partial charge in [-0.1, -0.05) is 36.4 Å². The molecule has 0 bridgehead atoms. The number of carbonyl (C=O) groups excluding carboxylic acids is 1. The third kappa shape index (κ3) is 2.89. The number of aromatic nitrogens is 2. The molecule has 0 N–H and O–H groups in total. The number of fused-ring (bicyclic) bond motifs is 5. The molecular weight excluding hydrogens is 420 g/mol. The van der Waals surface area contributed by atoms with E-state index >= 15 is 0 Å². The van der Waals surface area contributed by atoms with Gasteiger partial charge in [-0.3, -0.25) is 18.6 Å². The van der Waals surface area contributed by atoms with E-state index in [0.29, 0.717) is 45.1 Å².